The monoisotopic (exact) mass is 662 g/mol. The molecule has 5 fully saturated rings. The molecule has 9 heteroatoms. The number of fused-ring (bicyclic) bond motifs is 1. The highest BCUT2D eigenvalue weighted by molar-refractivity contribution is 5.88. The van der Waals surface area contributed by atoms with E-state index in [0.717, 1.165) is 51.4 Å². The van der Waals surface area contributed by atoms with Crippen molar-refractivity contribution < 1.29 is 44.5 Å². The number of hydrogen-bond donors (Lipinski definition) is 5. The zero-order valence-corrected chi connectivity index (χ0v) is 30.2. The molecule has 9 nitrogen and oxygen atoms in total. The minimum absolute atomic E-state index is 0.0421. The summed E-state index contributed by atoms with van der Waals surface area (Å²) in [5.41, 5.74) is -1.94. The van der Waals surface area contributed by atoms with Crippen LogP contribution >= 0.6 is 0 Å². The first-order valence-corrected chi connectivity index (χ1v) is 18.3. The molecule has 47 heavy (non-hydrogen) atoms. The van der Waals surface area contributed by atoms with Crippen LogP contribution in [-0.4, -0.2) is 86.1 Å². The summed E-state index contributed by atoms with van der Waals surface area (Å²) in [5, 5.41) is 52.3. The number of aliphatic hydroxyl groups is 5. The minimum Gasteiger partial charge on any atom is -0.453 e. The maximum absolute atomic E-state index is 14.5. The molecule has 268 valence electrons. The average Bonchev–Trinajstić information content (AvgIpc) is 3.41. The molecule has 2 saturated heterocycles. The van der Waals surface area contributed by atoms with E-state index in [1.54, 1.807) is 0 Å². The van der Waals surface area contributed by atoms with Gasteiger partial charge in [-0.3, -0.25) is 4.79 Å². The summed E-state index contributed by atoms with van der Waals surface area (Å²) in [6.45, 7) is 19.1. The van der Waals surface area contributed by atoms with Crippen molar-refractivity contribution in [2.75, 3.05) is 6.61 Å². The van der Waals surface area contributed by atoms with Crippen LogP contribution in [0.1, 0.15) is 120 Å². The molecule has 14 atom stereocenters. The molecule has 1 unspecified atom stereocenters. The molecular weight excluding hydrogens is 600 g/mol. The number of allylic oxidation sites excluding steroid dienone is 1. The van der Waals surface area contributed by atoms with Gasteiger partial charge in [0.2, 0.25) is 0 Å². The Hall–Kier alpha value is -1.07. The molecule has 6 rings (SSSR count). The Balaban J connectivity index is 1.26. The van der Waals surface area contributed by atoms with Gasteiger partial charge in [0.25, 0.3) is 0 Å². The van der Waals surface area contributed by atoms with Gasteiger partial charge in [0.15, 0.2) is 6.29 Å². The Labute approximate surface area is 281 Å². The van der Waals surface area contributed by atoms with Gasteiger partial charge in [-0.2, -0.15) is 0 Å². The highest BCUT2D eigenvalue weighted by Gasteiger charge is 2.80. The fourth-order valence-electron chi connectivity index (χ4n) is 11.8. The van der Waals surface area contributed by atoms with Crippen molar-refractivity contribution in [2.24, 2.45) is 44.8 Å². The molecule has 0 amide bonds. The molecule has 0 radical (unpaired) electrons. The lowest BCUT2D eigenvalue weighted by Crippen LogP contribution is -2.66. The third-order valence-electron chi connectivity index (χ3n) is 15.6. The van der Waals surface area contributed by atoms with Gasteiger partial charge in [-0.1, -0.05) is 61.5 Å². The first-order chi connectivity index (χ1) is 21.6. The summed E-state index contributed by atoms with van der Waals surface area (Å²) in [7, 11) is 0. The largest absolute Gasteiger partial charge is 0.453 e. The summed E-state index contributed by atoms with van der Waals surface area (Å²) >= 11 is 0. The van der Waals surface area contributed by atoms with E-state index in [1.807, 2.05) is 6.92 Å². The van der Waals surface area contributed by atoms with Gasteiger partial charge in [0.1, 0.15) is 30.0 Å². The summed E-state index contributed by atoms with van der Waals surface area (Å²) < 4.78 is 19.0. The Morgan fingerprint density at radius 2 is 1.64 bits per heavy atom. The molecule has 6 aliphatic rings. The quantitative estimate of drug-likeness (QED) is 0.194. The average molecular weight is 663 g/mol. The van der Waals surface area contributed by atoms with Gasteiger partial charge in [-0.15, -0.1) is 0 Å². The number of hydrogen-bond acceptors (Lipinski definition) is 9. The molecule has 0 aromatic heterocycles. The molecular formula is C38H62O9. The first-order valence-electron chi connectivity index (χ1n) is 18.3. The van der Waals surface area contributed by atoms with E-state index in [9.17, 15) is 30.3 Å². The standard InChI is InChI=1S/C38H62O9/c1-21(12-16-36(9,44)32(2,3)4)22-13-17-37-25-11-10-24-33(5,6)26(46-30-29(42)28(41)27(40)23(20-39)45-30)14-15-35(24,8)38(25,47-31(37)43)19-18-34(22,37)7/h11,21-24,26-30,39-42,44H,10,12-20H2,1-9H3/t21-,22-,23-,24+,26+,27+,28+,29-,30+,34-,35+,36?,37+,38-/m1/s1. The van der Waals surface area contributed by atoms with E-state index in [4.69, 9.17) is 14.2 Å². The number of carbonyl (C=O) groups is 1. The highest BCUT2D eigenvalue weighted by Crippen LogP contribution is 2.79. The molecule has 0 aromatic carbocycles. The van der Waals surface area contributed by atoms with Gasteiger partial charge in [0, 0.05) is 5.41 Å². The fourth-order valence-corrected chi connectivity index (χ4v) is 11.8. The molecule has 4 aliphatic carbocycles. The number of ether oxygens (including phenoxy) is 3. The Bertz CT molecular complexity index is 1270. The molecule has 2 bridgehead atoms. The van der Waals surface area contributed by atoms with Crippen LogP contribution in [0.5, 0.6) is 0 Å². The molecule has 3 saturated carbocycles. The number of aliphatic hydroxyl groups excluding tert-OH is 4. The van der Waals surface area contributed by atoms with E-state index in [0.29, 0.717) is 18.3 Å². The SMILES string of the molecule is C[C@H](CCC(C)(O)C(C)(C)C)[C@H]1CC[C@]23C(=O)O[C@]4(CC[C@]12C)C3=CC[C@H]1C(C)(C)[C@@H](O[C@@H]2O[C@H](CO)[C@H](O)[C@H](O)[C@H]2O)CC[C@@]14C. The van der Waals surface area contributed by atoms with Gasteiger partial charge in [0.05, 0.1) is 23.7 Å². The van der Waals surface area contributed by atoms with Crippen LogP contribution in [0.15, 0.2) is 11.6 Å². The van der Waals surface area contributed by atoms with Crippen molar-refractivity contribution in [3.05, 3.63) is 11.6 Å². The van der Waals surface area contributed by atoms with Crippen LogP contribution in [-0.2, 0) is 19.0 Å². The van der Waals surface area contributed by atoms with Crippen LogP contribution in [0.25, 0.3) is 0 Å². The molecule has 5 N–H and O–H groups in total. The first kappa shape index (κ1) is 35.7. The molecule has 2 aliphatic heterocycles. The van der Waals surface area contributed by atoms with E-state index < -0.39 is 59.3 Å². The van der Waals surface area contributed by atoms with Crippen LogP contribution in [0.4, 0.5) is 0 Å². The minimum atomic E-state index is -1.49. The van der Waals surface area contributed by atoms with Gasteiger partial charge in [-0.05, 0) is 104 Å². The zero-order chi connectivity index (χ0) is 34.8. The third kappa shape index (κ3) is 4.69. The second-order valence-electron chi connectivity index (χ2n) is 18.7. The molecule has 0 aromatic rings. The van der Waals surface area contributed by atoms with Crippen molar-refractivity contribution >= 4 is 5.97 Å². The summed E-state index contributed by atoms with van der Waals surface area (Å²) in [5.74, 6) is 0.813. The third-order valence-corrected chi connectivity index (χ3v) is 15.6. The summed E-state index contributed by atoms with van der Waals surface area (Å²) in [4.78, 5) is 14.5. The van der Waals surface area contributed by atoms with Crippen molar-refractivity contribution in [1.29, 1.82) is 0 Å². The topological polar surface area (TPSA) is 146 Å². The maximum Gasteiger partial charge on any atom is 0.317 e. The van der Waals surface area contributed by atoms with E-state index in [-0.39, 0.29) is 34.2 Å². The second-order valence-corrected chi connectivity index (χ2v) is 18.7. The highest BCUT2D eigenvalue weighted by atomic mass is 16.7. The van der Waals surface area contributed by atoms with Crippen molar-refractivity contribution in [2.45, 2.75) is 168 Å². The van der Waals surface area contributed by atoms with Crippen LogP contribution in [0.3, 0.4) is 0 Å². The Morgan fingerprint density at radius 3 is 2.28 bits per heavy atom. The second kappa shape index (κ2) is 11.2. The number of rotatable bonds is 7. The summed E-state index contributed by atoms with van der Waals surface area (Å²) in [6, 6.07) is 0. The van der Waals surface area contributed by atoms with Gasteiger partial charge >= 0.3 is 5.97 Å². The normalized spacial score (nSPS) is 49.2. The Kier molecular flexibility index (Phi) is 8.53. The summed E-state index contributed by atoms with van der Waals surface area (Å²) in [6.07, 6.45) is 2.83. The Morgan fingerprint density at radius 1 is 0.957 bits per heavy atom. The lowest BCUT2D eigenvalue weighted by molar-refractivity contribution is -0.328. The molecule has 2 heterocycles. The maximum atomic E-state index is 14.5. The van der Waals surface area contributed by atoms with E-state index in [1.165, 1.54) is 5.57 Å². The predicted octanol–water partition coefficient (Wildman–Crippen LogP) is 4.65. The van der Waals surface area contributed by atoms with Crippen molar-refractivity contribution in [3.8, 4) is 0 Å². The van der Waals surface area contributed by atoms with Gasteiger partial charge in [-0.25, -0.2) is 0 Å². The van der Waals surface area contributed by atoms with Crippen molar-refractivity contribution in [3.63, 3.8) is 0 Å². The smallest absolute Gasteiger partial charge is 0.317 e. The van der Waals surface area contributed by atoms with E-state index in [2.05, 4.69) is 61.5 Å². The van der Waals surface area contributed by atoms with Crippen LogP contribution in [0, 0.1) is 44.8 Å². The number of esters is 1. The number of carbonyl (C=O) groups excluding carboxylic acids is 1. The lowest BCUT2D eigenvalue weighted by atomic mass is 9.40. The van der Waals surface area contributed by atoms with Crippen molar-refractivity contribution in [1.82, 2.24) is 0 Å². The van der Waals surface area contributed by atoms with E-state index >= 15 is 0 Å². The predicted molar refractivity (Wildman–Crippen MR) is 176 cm³/mol. The van der Waals surface area contributed by atoms with Crippen LogP contribution in [0.2, 0.25) is 0 Å². The van der Waals surface area contributed by atoms with Crippen LogP contribution < -0.4 is 0 Å². The lowest BCUT2D eigenvalue weighted by Gasteiger charge is -2.64. The fraction of sp³-hybridized carbons (Fsp3) is 0.921. The zero-order valence-electron chi connectivity index (χ0n) is 30.2. The molecule has 1 spiro atoms. The van der Waals surface area contributed by atoms with Gasteiger partial charge < -0.3 is 39.7 Å².